The number of aromatic nitrogens is 2. The number of nitrogens with one attached hydrogen (secondary N) is 1. The zero-order chi connectivity index (χ0) is 19.1. The molecule has 1 aliphatic heterocycles. The van der Waals surface area contributed by atoms with Gasteiger partial charge in [-0.15, -0.1) is 12.4 Å². The van der Waals surface area contributed by atoms with Gasteiger partial charge in [-0.25, -0.2) is 4.68 Å². The normalized spacial score (nSPS) is 19.1. The van der Waals surface area contributed by atoms with Gasteiger partial charge in [0.1, 0.15) is 0 Å². The van der Waals surface area contributed by atoms with Crippen molar-refractivity contribution in [1.82, 2.24) is 20.0 Å². The van der Waals surface area contributed by atoms with Gasteiger partial charge in [0, 0.05) is 30.4 Å². The summed E-state index contributed by atoms with van der Waals surface area (Å²) in [5.74, 6) is 1.04. The molecule has 0 spiro atoms. The predicted molar refractivity (Wildman–Crippen MR) is 117 cm³/mol. The Balaban J connectivity index is 0.00000205. The minimum atomic E-state index is 0. The van der Waals surface area contributed by atoms with Crippen molar-refractivity contribution in [2.45, 2.75) is 57.9 Å². The van der Waals surface area contributed by atoms with Crippen molar-refractivity contribution < 1.29 is 4.79 Å². The summed E-state index contributed by atoms with van der Waals surface area (Å²) in [7, 11) is 0. The number of rotatable bonds is 5. The van der Waals surface area contributed by atoms with E-state index in [0.29, 0.717) is 11.7 Å². The van der Waals surface area contributed by atoms with E-state index in [4.69, 9.17) is 5.10 Å². The SMILES string of the molecule is Cc1ccc(-n2nc(C(=O)N3CCC(NCC4CC4)CC3)c3c2CCC3)cc1.Cl. The Labute approximate surface area is 179 Å². The molecule has 5 nitrogen and oxygen atoms in total. The molecule has 2 fully saturated rings. The fourth-order valence-electron chi connectivity index (χ4n) is 4.60. The van der Waals surface area contributed by atoms with E-state index < -0.39 is 0 Å². The van der Waals surface area contributed by atoms with Crippen LogP contribution in [0, 0.1) is 12.8 Å². The van der Waals surface area contributed by atoms with Crippen LogP contribution < -0.4 is 5.32 Å². The maximum Gasteiger partial charge on any atom is 0.274 e. The molecule has 1 aromatic carbocycles. The summed E-state index contributed by atoms with van der Waals surface area (Å²) in [6.07, 6.45) is 7.99. The fourth-order valence-corrected chi connectivity index (χ4v) is 4.60. The van der Waals surface area contributed by atoms with E-state index in [0.717, 1.165) is 63.3 Å². The second-order valence-electron chi connectivity index (χ2n) is 8.79. The highest BCUT2D eigenvalue weighted by atomic mass is 35.5. The Hall–Kier alpha value is -1.85. The summed E-state index contributed by atoms with van der Waals surface area (Å²) in [5.41, 5.74) is 5.40. The molecule has 1 saturated carbocycles. The van der Waals surface area contributed by atoms with Crippen LogP contribution in [-0.2, 0) is 12.8 Å². The van der Waals surface area contributed by atoms with Crippen molar-refractivity contribution in [3.63, 3.8) is 0 Å². The van der Waals surface area contributed by atoms with Crippen LogP contribution in [0.5, 0.6) is 0 Å². The molecular formula is C23H31ClN4O. The topological polar surface area (TPSA) is 50.2 Å². The molecule has 2 heterocycles. The van der Waals surface area contributed by atoms with Crippen LogP contribution in [-0.4, -0.2) is 46.3 Å². The third kappa shape index (κ3) is 4.22. The largest absolute Gasteiger partial charge is 0.337 e. The van der Waals surface area contributed by atoms with Crippen molar-refractivity contribution in [3.05, 3.63) is 46.8 Å². The molecule has 1 aromatic heterocycles. The van der Waals surface area contributed by atoms with Crippen molar-refractivity contribution >= 4 is 18.3 Å². The van der Waals surface area contributed by atoms with Gasteiger partial charge in [0.2, 0.25) is 0 Å². The van der Waals surface area contributed by atoms with Gasteiger partial charge >= 0.3 is 0 Å². The molecule has 29 heavy (non-hydrogen) atoms. The van der Waals surface area contributed by atoms with Crippen molar-refractivity contribution in [3.8, 4) is 5.69 Å². The van der Waals surface area contributed by atoms with E-state index in [1.54, 1.807) is 0 Å². The first-order chi connectivity index (χ1) is 13.7. The van der Waals surface area contributed by atoms with Gasteiger partial charge in [0.15, 0.2) is 5.69 Å². The summed E-state index contributed by atoms with van der Waals surface area (Å²) < 4.78 is 2.01. The minimum absolute atomic E-state index is 0. The van der Waals surface area contributed by atoms with E-state index in [2.05, 4.69) is 36.5 Å². The summed E-state index contributed by atoms with van der Waals surface area (Å²) in [6.45, 7) is 4.93. The maximum atomic E-state index is 13.3. The maximum absolute atomic E-state index is 13.3. The zero-order valence-corrected chi connectivity index (χ0v) is 18.0. The van der Waals surface area contributed by atoms with Gasteiger partial charge in [-0.05, 0) is 76.5 Å². The molecule has 1 saturated heterocycles. The van der Waals surface area contributed by atoms with Crippen LogP contribution >= 0.6 is 12.4 Å². The highest BCUT2D eigenvalue weighted by Gasteiger charge is 2.32. The number of nitrogens with zero attached hydrogens (tertiary/aromatic N) is 3. The quantitative estimate of drug-likeness (QED) is 0.811. The summed E-state index contributed by atoms with van der Waals surface area (Å²) in [6, 6.07) is 9.00. The lowest BCUT2D eigenvalue weighted by Crippen LogP contribution is -2.45. The van der Waals surface area contributed by atoms with Crippen molar-refractivity contribution in [2.75, 3.05) is 19.6 Å². The van der Waals surface area contributed by atoms with Gasteiger partial charge in [-0.3, -0.25) is 4.79 Å². The first kappa shape index (κ1) is 20.4. The van der Waals surface area contributed by atoms with Crippen LogP contribution in [0.15, 0.2) is 24.3 Å². The van der Waals surface area contributed by atoms with Crippen LogP contribution in [0.1, 0.15) is 59.4 Å². The molecule has 1 amide bonds. The first-order valence-electron chi connectivity index (χ1n) is 10.9. The van der Waals surface area contributed by atoms with Gasteiger partial charge in [-0.1, -0.05) is 17.7 Å². The molecule has 0 atom stereocenters. The molecule has 0 radical (unpaired) electrons. The van der Waals surface area contributed by atoms with E-state index >= 15 is 0 Å². The van der Waals surface area contributed by atoms with Crippen LogP contribution in [0.25, 0.3) is 5.69 Å². The number of carbonyl (C=O) groups is 1. The highest BCUT2D eigenvalue weighted by Crippen LogP contribution is 2.30. The van der Waals surface area contributed by atoms with Crippen LogP contribution in [0.3, 0.4) is 0 Å². The number of halogens is 1. The Morgan fingerprint density at radius 3 is 2.52 bits per heavy atom. The second kappa shape index (κ2) is 8.49. The smallest absolute Gasteiger partial charge is 0.274 e. The Morgan fingerprint density at radius 2 is 1.83 bits per heavy atom. The van der Waals surface area contributed by atoms with Gasteiger partial charge in [-0.2, -0.15) is 5.10 Å². The molecular weight excluding hydrogens is 384 g/mol. The number of carbonyl (C=O) groups excluding carboxylic acids is 1. The third-order valence-electron chi connectivity index (χ3n) is 6.59. The standard InChI is InChI=1S/C23H30N4O.ClH/c1-16-5-9-19(10-6-16)27-21-4-2-3-20(21)22(25-27)23(28)26-13-11-18(12-14-26)24-15-17-7-8-17;/h5-6,9-10,17-18,24H,2-4,7-8,11-15H2,1H3;1H. The molecule has 156 valence electrons. The Kier molecular flexibility index (Phi) is 5.98. The van der Waals surface area contributed by atoms with Gasteiger partial charge in [0.25, 0.3) is 5.91 Å². The lowest BCUT2D eigenvalue weighted by molar-refractivity contribution is 0.0697. The summed E-state index contributed by atoms with van der Waals surface area (Å²) >= 11 is 0. The highest BCUT2D eigenvalue weighted by molar-refractivity contribution is 5.94. The van der Waals surface area contributed by atoms with E-state index in [1.165, 1.54) is 29.7 Å². The number of likely N-dealkylation sites (tertiary alicyclic amines) is 1. The Bertz CT molecular complexity index is 864. The minimum Gasteiger partial charge on any atom is -0.337 e. The Morgan fingerprint density at radius 1 is 1.10 bits per heavy atom. The monoisotopic (exact) mass is 414 g/mol. The lowest BCUT2D eigenvalue weighted by atomic mass is 10.0. The molecule has 0 unspecified atom stereocenters. The van der Waals surface area contributed by atoms with Crippen molar-refractivity contribution in [2.24, 2.45) is 5.92 Å². The number of amides is 1. The third-order valence-corrected chi connectivity index (χ3v) is 6.59. The number of hydrogen-bond donors (Lipinski definition) is 1. The lowest BCUT2D eigenvalue weighted by Gasteiger charge is -2.32. The van der Waals surface area contributed by atoms with E-state index in [9.17, 15) is 4.79 Å². The molecule has 3 aliphatic rings. The zero-order valence-electron chi connectivity index (χ0n) is 17.2. The summed E-state index contributed by atoms with van der Waals surface area (Å²) in [5, 5.41) is 8.50. The first-order valence-corrected chi connectivity index (χ1v) is 10.9. The number of fused-ring (bicyclic) bond motifs is 1. The average molecular weight is 415 g/mol. The molecule has 2 aromatic rings. The van der Waals surface area contributed by atoms with Gasteiger partial charge < -0.3 is 10.2 Å². The van der Waals surface area contributed by atoms with Crippen LogP contribution in [0.2, 0.25) is 0 Å². The molecule has 2 aliphatic carbocycles. The average Bonchev–Trinajstić information content (AvgIpc) is 3.30. The molecule has 5 rings (SSSR count). The number of piperidine rings is 1. The van der Waals surface area contributed by atoms with Gasteiger partial charge in [0.05, 0.1) is 5.69 Å². The van der Waals surface area contributed by atoms with Crippen molar-refractivity contribution in [1.29, 1.82) is 0 Å². The fraction of sp³-hybridized carbons (Fsp3) is 0.565. The molecule has 6 heteroatoms. The molecule has 0 bridgehead atoms. The number of hydrogen-bond acceptors (Lipinski definition) is 3. The number of aryl methyl sites for hydroxylation is 1. The second-order valence-corrected chi connectivity index (χ2v) is 8.79. The molecule has 1 N–H and O–H groups in total. The predicted octanol–water partition coefficient (Wildman–Crippen LogP) is 3.70. The number of benzene rings is 1. The van der Waals surface area contributed by atoms with E-state index in [-0.39, 0.29) is 18.3 Å². The van der Waals surface area contributed by atoms with Crippen LogP contribution in [0.4, 0.5) is 0 Å². The van der Waals surface area contributed by atoms with E-state index in [1.807, 2.05) is 9.58 Å². The summed E-state index contributed by atoms with van der Waals surface area (Å²) in [4.78, 5) is 15.3.